The van der Waals surface area contributed by atoms with Gasteiger partial charge in [-0.1, -0.05) is 23.7 Å². The molecule has 18 heavy (non-hydrogen) atoms. The number of pyridine rings is 1. The molecule has 0 aliphatic carbocycles. The van der Waals surface area contributed by atoms with E-state index in [0.29, 0.717) is 23.1 Å². The second kappa shape index (κ2) is 5.52. The molecule has 0 amide bonds. The molecule has 0 aliphatic rings. The Morgan fingerprint density at radius 3 is 2.83 bits per heavy atom. The maximum absolute atomic E-state index is 8.84. The van der Waals surface area contributed by atoms with E-state index in [4.69, 9.17) is 21.6 Å². The molecule has 0 saturated heterocycles. The molecule has 4 heteroatoms. The van der Waals surface area contributed by atoms with E-state index in [2.05, 4.69) is 11.1 Å². The Labute approximate surface area is 111 Å². The van der Waals surface area contributed by atoms with Gasteiger partial charge in [-0.15, -0.1) is 0 Å². The van der Waals surface area contributed by atoms with Crippen molar-refractivity contribution in [3.63, 3.8) is 0 Å². The molecule has 0 unspecified atom stereocenters. The number of hydrogen-bond acceptors (Lipinski definition) is 3. The third-order valence-electron chi connectivity index (χ3n) is 2.50. The van der Waals surface area contributed by atoms with Gasteiger partial charge in [-0.3, -0.25) is 0 Å². The van der Waals surface area contributed by atoms with Crippen LogP contribution < -0.4 is 4.74 Å². The number of nitrogens with zero attached hydrogens (tertiary/aromatic N) is 2. The molecule has 0 radical (unpaired) electrons. The largest absolute Gasteiger partial charge is 0.489 e. The lowest BCUT2D eigenvalue weighted by Crippen LogP contribution is -1.98. The van der Waals surface area contributed by atoms with Crippen molar-refractivity contribution in [2.75, 3.05) is 0 Å². The standard InChI is InChI=1S/C14H11ClN2O/c1-10-2-3-11(7-16)6-13(10)18-9-12-4-5-14(15)17-8-12/h2-6,8H,9H2,1H3. The first kappa shape index (κ1) is 12.4. The van der Waals surface area contributed by atoms with Gasteiger partial charge in [-0.05, 0) is 30.7 Å². The van der Waals surface area contributed by atoms with E-state index in [1.165, 1.54) is 0 Å². The van der Waals surface area contributed by atoms with Crippen LogP contribution in [0.15, 0.2) is 36.5 Å². The highest BCUT2D eigenvalue weighted by atomic mass is 35.5. The fourth-order valence-corrected chi connectivity index (χ4v) is 1.59. The maximum Gasteiger partial charge on any atom is 0.129 e. The molecule has 1 aromatic heterocycles. The number of aromatic nitrogens is 1. The summed E-state index contributed by atoms with van der Waals surface area (Å²) >= 11 is 5.71. The van der Waals surface area contributed by atoms with Crippen molar-refractivity contribution in [3.8, 4) is 11.8 Å². The number of hydrogen-bond donors (Lipinski definition) is 0. The third-order valence-corrected chi connectivity index (χ3v) is 2.72. The summed E-state index contributed by atoms with van der Waals surface area (Å²) in [6.07, 6.45) is 1.67. The first-order chi connectivity index (χ1) is 8.69. The van der Waals surface area contributed by atoms with Crippen LogP contribution >= 0.6 is 11.6 Å². The zero-order valence-corrected chi connectivity index (χ0v) is 10.6. The molecule has 0 aliphatic heterocycles. The lowest BCUT2D eigenvalue weighted by atomic mass is 10.1. The predicted molar refractivity (Wildman–Crippen MR) is 69.5 cm³/mol. The average molecular weight is 259 g/mol. The van der Waals surface area contributed by atoms with Gasteiger partial charge < -0.3 is 4.74 Å². The topological polar surface area (TPSA) is 45.9 Å². The van der Waals surface area contributed by atoms with Crippen molar-refractivity contribution in [1.82, 2.24) is 4.98 Å². The second-order valence-electron chi connectivity index (χ2n) is 3.87. The number of nitriles is 1. The normalized spacial score (nSPS) is 9.83. The molecular weight excluding hydrogens is 248 g/mol. The van der Waals surface area contributed by atoms with E-state index < -0.39 is 0 Å². The van der Waals surface area contributed by atoms with Crippen molar-refractivity contribution in [1.29, 1.82) is 5.26 Å². The molecule has 3 nitrogen and oxygen atoms in total. The molecule has 0 fully saturated rings. The third kappa shape index (κ3) is 2.99. The number of benzene rings is 1. The number of ether oxygens (including phenoxy) is 1. The summed E-state index contributed by atoms with van der Waals surface area (Å²) in [7, 11) is 0. The maximum atomic E-state index is 8.84. The number of rotatable bonds is 3. The van der Waals surface area contributed by atoms with Crippen molar-refractivity contribution in [3.05, 3.63) is 58.4 Å². The van der Waals surface area contributed by atoms with Gasteiger partial charge in [-0.25, -0.2) is 4.98 Å². The van der Waals surface area contributed by atoms with Crippen LogP contribution in [-0.2, 0) is 6.61 Å². The monoisotopic (exact) mass is 258 g/mol. The minimum Gasteiger partial charge on any atom is -0.489 e. The summed E-state index contributed by atoms with van der Waals surface area (Å²) in [4.78, 5) is 3.98. The van der Waals surface area contributed by atoms with E-state index in [-0.39, 0.29) is 0 Å². The average Bonchev–Trinajstić information content (AvgIpc) is 2.40. The predicted octanol–water partition coefficient (Wildman–Crippen LogP) is 3.49. The summed E-state index contributed by atoms with van der Waals surface area (Å²) in [5, 5.41) is 9.30. The highest BCUT2D eigenvalue weighted by Crippen LogP contribution is 2.20. The van der Waals surface area contributed by atoms with Crippen LogP contribution in [0, 0.1) is 18.3 Å². The van der Waals surface area contributed by atoms with Crippen LogP contribution in [0.5, 0.6) is 5.75 Å². The fourth-order valence-electron chi connectivity index (χ4n) is 1.48. The minimum absolute atomic E-state index is 0.403. The van der Waals surface area contributed by atoms with Crippen LogP contribution in [0.4, 0.5) is 0 Å². The van der Waals surface area contributed by atoms with Crippen LogP contribution in [0.2, 0.25) is 5.15 Å². The lowest BCUT2D eigenvalue weighted by molar-refractivity contribution is 0.303. The zero-order chi connectivity index (χ0) is 13.0. The van der Waals surface area contributed by atoms with Crippen molar-refractivity contribution >= 4 is 11.6 Å². The number of aryl methyl sites for hydroxylation is 1. The molecule has 2 rings (SSSR count). The Balaban J connectivity index is 2.10. The van der Waals surface area contributed by atoms with Gasteiger partial charge in [0.25, 0.3) is 0 Å². The summed E-state index contributed by atoms with van der Waals surface area (Å²) in [5.41, 5.74) is 2.52. The smallest absolute Gasteiger partial charge is 0.129 e. The van der Waals surface area contributed by atoms with E-state index >= 15 is 0 Å². The Bertz CT molecular complexity index is 588. The Hall–Kier alpha value is -2.05. The van der Waals surface area contributed by atoms with Gasteiger partial charge in [0.15, 0.2) is 0 Å². The Morgan fingerprint density at radius 2 is 2.17 bits per heavy atom. The van der Waals surface area contributed by atoms with Gasteiger partial charge in [0.05, 0.1) is 11.6 Å². The summed E-state index contributed by atoms with van der Waals surface area (Å²) < 4.78 is 5.67. The van der Waals surface area contributed by atoms with Crippen molar-refractivity contribution < 1.29 is 4.74 Å². The van der Waals surface area contributed by atoms with Gasteiger partial charge in [-0.2, -0.15) is 5.26 Å². The highest BCUT2D eigenvalue weighted by molar-refractivity contribution is 6.29. The molecule has 90 valence electrons. The first-order valence-corrected chi connectivity index (χ1v) is 5.81. The van der Waals surface area contributed by atoms with Gasteiger partial charge >= 0.3 is 0 Å². The van der Waals surface area contributed by atoms with Gasteiger partial charge in [0.1, 0.15) is 17.5 Å². The lowest BCUT2D eigenvalue weighted by Gasteiger charge is -2.09. The molecule has 0 saturated carbocycles. The first-order valence-electron chi connectivity index (χ1n) is 5.43. The van der Waals surface area contributed by atoms with Gasteiger partial charge in [0.2, 0.25) is 0 Å². The molecule has 2 aromatic rings. The van der Waals surface area contributed by atoms with E-state index in [0.717, 1.165) is 11.1 Å². The molecule has 1 aromatic carbocycles. The van der Waals surface area contributed by atoms with Crippen LogP contribution in [-0.4, -0.2) is 4.98 Å². The summed E-state index contributed by atoms with van der Waals surface area (Å²) in [6.45, 7) is 2.34. The molecule has 0 bridgehead atoms. The number of halogens is 1. The molecule has 0 N–H and O–H groups in total. The molecular formula is C14H11ClN2O. The summed E-state index contributed by atoms with van der Waals surface area (Å²) in [6, 6.07) is 11.0. The van der Waals surface area contributed by atoms with Crippen LogP contribution in [0.3, 0.4) is 0 Å². The Kier molecular flexibility index (Phi) is 3.81. The SMILES string of the molecule is Cc1ccc(C#N)cc1OCc1ccc(Cl)nc1. The van der Waals surface area contributed by atoms with Crippen molar-refractivity contribution in [2.45, 2.75) is 13.5 Å². The van der Waals surface area contributed by atoms with Crippen LogP contribution in [0.25, 0.3) is 0 Å². The van der Waals surface area contributed by atoms with E-state index in [1.54, 1.807) is 24.4 Å². The van der Waals surface area contributed by atoms with E-state index in [1.807, 2.05) is 19.1 Å². The highest BCUT2D eigenvalue weighted by Gasteiger charge is 2.02. The Morgan fingerprint density at radius 1 is 1.33 bits per heavy atom. The molecule has 1 heterocycles. The van der Waals surface area contributed by atoms with E-state index in [9.17, 15) is 0 Å². The molecule has 0 atom stereocenters. The minimum atomic E-state index is 0.403. The van der Waals surface area contributed by atoms with Crippen molar-refractivity contribution in [2.24, 2.45) is 0 Å². The van der Waals surface area contributed by atoms with Crippen LogP contribution in [0.1, 0.15) is 16.7 Å². The summed E-state index contributed by atoms with van der Waals surface area (Å²) in [5.74, 6) is 0.712. The second-order valence-corrected chi connectivity index (χ2v) is 4.26. The van der Waals surface area contributed by atoms with Gasteiger partial charge in [0, 0.05) is 11.8 Å². The molecule has 0 spiro atoms. The quantitative estimate of drug-likeness (QED) is 0.792. The fraction of sp³-hybridized carbons (Fsp3) is 0.143. The zero-order valence-electron chi connectivity index (χ0n) is 9.85.